The maximum absolute atomic E-state index is 12.0. The van der Waals surface area contributed by atoms with Gasteiger partial charge in [0.15, 0.2) is 0 Å². The Morgan fingerprint density at radius 2 is 2.04 bits per heavy atom. The Morgan fingerprint density at radius 3 is 2.65 bits per heavy atom. The van der Waals surface area contributed by atoms with Crippen molar-refractivity contribution in [2.24, 2.45) is 11.1 Å². The average molecular weight is 360 g/mol. The molecule has 1 saturated heterocycles. The van der Waals surface area contributed by atoms with Gasteiger partial charge in [-0.15, -0.1) is 12.4 Å². The van der Waals surface area contributed by atoms with E-state index in [0.717, 1.165) is 31.0 Å². The zero-order valence-electron chi connectivity index (χ0n) is 13.8. The molecule has 1 aliphatic rings. The second-order valence-corrected chi connectivity index (χ2v) is 7.26. The van der Waals surface area contributed by atoms with Crippen LogP contribution in [0.25, 0.3) is 0 Å². The molecule has 0 aromatic heterocycles. The van der Waals surface area contributed by atoms with Crippen LogP contribution in [0.2, 0.25) is 5.02 Å². The van der Waals surface area contributed by atoms with Gasteiger partial charge in [-0.3, -0.25) is 9.69 Å². The smallest absolute Gasteiger partial charge is 0.234 e. The minimum Gasteiger partial charge on any atom is -0.355 e. The van der Waals surface area contributed by atoms with Crippen LogP contribution < -0.4 is 11.1 Å². The molecule has 1 heterocycles. The molecule has 2 rings (SSSR count). The van der Waals surface area contributed by atoms with Gasteiger partial charge in [-0.25, -0.2) is 0 Å². The SMILES string of the molecule is CC1(C)CN(CC(=O)NCCc2ccc(Cl)cc2)CCC1N.Cl. The number of nitrogens with one attached hydrogen (secondary N) is 1. The summed E-state index contributed by atoms with van der Waals surface area (Å²) in [7, 11) is 0. The van der Waals surface area contributed by atoms with Crippen LogP contribution in [0.15, 0.2) is 24.3 Å². The van der Waals surface area contributed by atoms with Gasteiger partial charge < -0.3 is 11.1 Å². The van der Waals surface area contributed by atoms with Crippen LogP contribution in [-0.4, -0.2) is 43.0 Å². The zero-order chi connectivity index (χ0) is 16.2. The number of piperidine rings is 1. The van der Waals surface area contributed by atoms with E-state index in [0.29, 0.717) is 13.1 Å². The van der Waals surface area contributed by atoms with E-state index >= 15 is 0 Å². The first-order valence-corrected chi connectivity index (χ1v) is 8.24. The minimum atomic E-state index is 0. The van der Waals surface area contributed by atoms with Crippen molar-refractivity contribution in [3.63, 3.8) is 0 Å². The van der Waals surface area contributed by atoms with E-state index in [9.17, 15) is 4.79 Å². The maximum atomic E-state index is 12.0. The Balaban J connectivity index is 0.00000264. The summed E-state index contributed by atoms with van der Waals surface area (Å²) < 4.78 is 0. The highest BCUT2D eigenvalue weighted by molar-refractivity contribution is 6.30. The first-order valence-electron chi connectivity index (χ1n) is 7.86. The number of nitrogens with two attached hydrogens (primary N) is 1. The molecular formula is C17H27Cl2N3O. The number of benzene rings is 1. The highest BCUT2D eigenvalue weighted by Crippen LogP contribution is 2.27. The molecule has 0 radical (unpaired) electrons. The number of hydrogen-bond donors (Lipinski definition) is 2. The third-order valence-electron chi connectivity index (χ3n) is 4.41. The van der Waals surface area contributed by atoms with E-state index in [4.69, 9.17) is 17.3 Å². The Morgan fingerprint density at radius 1 is 1.39 bits per heavy atom. The number of nitrogens with zero attached hydrogens (tertiary/aromatic N) is 1. The van der Waals surface area contributed by atoms with Crippen molar-refractivity contribution in [3.05, 3.63) is 34.9 Å². The van der Waals surface area contributed by atoms with E-state index in [1.165, 1.54) is 5.56 Å². The standard InChI is InChI=1S/C17H26ClN3O.ClH/c1-17(2)12-21(10-8-15(17)19)11-16(22)20-9-7-13-3-5-14(18)6-4-13;/h3-6,15H,7-12,19H2,1-2H3,(H,20,22);1H. The lowest BCUT2D eigenvalue weighted by molar-refractivity contribution is -0.123. The van der Waals surface area contributed by atoms with Gasteiger partial charge in [0, 0.05) is 30.7 Å². The predicted octanol–water partition coefficient (Wildman–Crippen LogP) is 2.48. The Labute approximate surface area is 150 Å². The second-order valence-electron chi connectivity index (χ2n) is 6.82. The summed E-state index contributed by atoms with van der Waals surface area (Å²) in [6.45, 7) is 7.21. The van der Waals surface area contributed by atoms with E-state index in [1.54, 1.807) is 0 Å². The number of carbonyl (C=O) groups is 1. The number of amides is 1. The van der Waals surface area contributed by atoms with Crippen molar-refractivity contribution >= 4 is 29.9 Å². The van der Waals surface area contributed by atoms with Gasteiger partial charge in [0.25, 0.3) is 0 Å². The van der Waals surface area contributed by atoms with Gasteiger partial charge >= 0.3 is 0 Å². The van der Waals surface area contributed by atoms with Crippen LogP contribution in [0.4, 0.5) is 0 Å². The lowest BCUT2D eigenvalue weighted by atomic mass is 9.80. The topological polar surface area (TPSA) is 58.4 Å². The summed E-state index contributed by atoms with van der Waals surface area (Å²) in [6.07, 6.45) is 1.77. The van der Waals surface area contributed by atoms with Crippen LogP contribution in [0.5, 0.6) is 0 Å². The third kappa shape index (κ3) is 6.30. The minimum absolute atomic E-state index is 0. The zero-order valence-corrected chi connectivity index (χ0v) is 15.4. The molecule has 0 saturated carbocycles. The third-order valence-corrected chi connectivity index (χ3v) is 4.66. The monoisotopic (exact) mass is 359 g/mol. The Bertz CT molecular complexity index is 505. The molecule has 1 amide bonds. The first-order chi connectivity index (χ1) is 10.4. The molecule has 130 valence electrons. The molecular weight excluding hydrogens is 333 g/mol. The summed E-state index contributed by atoms with van der Waals surface area (Å²) in [5, 5.41) is 3.72. The van der Waals surface area contributed by atoms with Gasteiger partial charge in [-0.05, 0) is 36.0 Å². The Hall–Kier alpha value is -0.810. The quantitative estimate of drug-likeness (QED) is 0.848. The van der Waals surface area contributed by atoms with E-state index in [2.05, 4.69) is 24.1 Å². The molecule has 0 aliphatic carbocycles. The Kier molecular flexibility index (Phi) is 7.81. The molecule has 4 nitrogen and oxygen atoms in total. The molecule has 0 bridgehead atoms. The van der Waals surface area contributed by atoms with Crippen LogP contribution in [-0.2, 0) is 11.2 Å². The number of likely N-dealkylation sites (tertiary alicyclic amines) is 1. The van der Waals surface area contributed by atoms with Gasteiger partial charge in [0.05, 0.1) is 6.54 Å². The molecule has 0 spiro atoms. The van der Waals surface area contributed by atoms with Crippen molar-refractivity contribution < 1.29 is 4.79 Å². The largest absolute Gasteiger partial charge is 0.355 e. The van der Waals surface area contributed by atoms with E-state index in [1.807, 2.05) is 24.3 Å². The molecule has 1 aliphatic heterocycles. The first kappa shape index (κ1) is 20.2. The molecule has 3 N–H and O–H groups in total. The second kappa shape index (κ2) is 8.88. The summed E-state index contributed by atoms with van der Waals surface area (Å²) in [5.74, 6) is 0.0836. The summed E-state index contributed by atoms with van der Waals surface area (Å²) in [5.41, 5.74) is 7.37. The molecule has 1 fully saturated rings. The molecule has 1 aromatic carbocycles. The lowest BCUT2D eigenvalue weighted by Gasteiger charge is -2.42. The summed E-state index contributed by atoms with van der Waals surface area (Å²) in [6, 6.07) is 7.94. The fraction of sp³-hybridized carbons (Fsp3) is 0.588. The van der Waals surface area contributed by atoms with Crippen LogP contribution in [0.1, 0.15) is 25.8 Å². The summed E-state index contributed by atoms with van der Waals surface area (Å²) >= 11 is 5.85. The van der Waals surface area contributed by atoms with Crippen LogP contribution in [0, 0.1) is 5.41 Å². The lowest BCUT2D eigenvalue weighted by Crippen LogP contribution is -2.54. The van der Waals surface area contributed by atoms with Crippen molar-refractivity contribution in [3.8, 4) is 0 Å². The average Bonchev–Trinajstić information content (AvgIpc) is 2.45. The summed E-state index contributed by atoms with van der Waals surface area (Å²) in [4.78, 5) is 14.2. The van der Waals surface area contributed by atoms with Crippen molar-refractivity contribution in [2.45, 2.75) is 32.7 Å². The molecule has 6 heteroatoms. The van der Waals surface area contributed by atoms with Crippen molar-refractivity contribution in [2.75, 3.05) is 26.2 Å². The van der Waals surface area contributed by atoms with Gasteiger partial charge in [-0.1, -0.05) is 37.6 Å². The van der Waals surface area contributed by atoms with E-state index < -0.39 is 0 Å². The fourth-order valence-corrected chi connectivity index (χ4v) is 3.00. The highest BCUT2D eigenvalue weighted by Gasteiger charge is 2.33. The van der Waals surface area contributed by atoms with Crippen molar-refractivity contribution in [1.82, 2.24) is 10.2 Å². The molecule has 1 atom stereocenters. The van der Waals surface area contributed by atoms with Crippen LogP contribution >= 0.6 is 24.0 Å². The number of rotatable bonds is 5. The number of carbonyl (C=O) groups excluding carboxylic acids is 1. The molecule has 1 aromatic rings. The van der Waals surface area contributed by atoms with Gasteiger partial charge in [-0.2, -0.15) is 0 Å². The van der Waals surface area contributed by atoms with Crippen LogP contribution in [0.3, 0.4) is 0 Å². The normalized spacial score (nSPS) is 20.6. The van der Waals surface area contributed by atoms with Gasteiger partial charge in [0.1, 0.15) is 0 Å². The van der Waals surface area contributed by atoms with Gasteiger partial charge in [0.2, 0.25) is 5.91 Å². The highest BCUT2D eigenvalue weighted by atomic mass is 35.5. The maximum Gasteiger partial charge on any atom is 0.234 e. The fourth-order valence-electron chi connectivity index (χ4n) is 2.88. The molecule has 23 heavy (non-hydrogen) atoms. The van der Waals surface area contributed by atoms with E-state index in [-0.39, 0.29) is 29.8 Å². The van der Waals surface area contributed by atoms with Crippen molar-refractivity contribution in [1.29, 1.82) is 0 Å². The number of hydrogen-bond acceptors (Lipinski definition) is 3. The molecule has 1 unspecified atom stereocenters. The predicted molar refractivity (Wildman–Crippen MR) is 98.2 cm³/mol. The number of halogens is 2.